The average Bonchev–Trinajstić information content (AvgIpc) is 2.69. The summed E-state index contributed by atoms with van der Waals surface area (Å²) in [6.45, 7) is 11.2. The highest BCUT2D eigenvalue weighted by molar-refractivity contribution is 8.03. The van der Waals surface area contributed by atoms with Crippen molar-refractivity contribution in [1.82, 2.24) is 10.6 Å². The third-order valence-corrected chi connectivity index (χ3v) is 5.21. The highest BCUT2D eigenvalue weighted by Crippen LogP contribution is 2.40. The van der Waals surface area contributed by atoms with Gasteiger partial charge in [-0.3, -0.25) is 4.79 Å². The lowest BCUT2D eigenvalue weighted by Gasteiger charge is -2.29. The molecule has 0 unspecified atom stereocenters. The number of allylic oxidation sites excluding steroid dienone is 2. The number of rotatable bonds is 7. The van der Waals surface area contributed by atoms with Crippen LogP contribution in [0.5, 0.6) is 0 Å². The Bertz CT molecular complexity index is 921. The number of thioether (sulfide) groups is 1. The van der Waals surface area contributed by atoms with E-state index in [-0.39, 0.29) is 23.8 Å². The molecule has 1 heterocycles. The van der Waals surface area contributed by atoms with Gasteiger partial charge >= 0.3 is 5.97 Å². The number of nitrogens with one attached hydrogen (secondary N) is 2. The highest BCUT2D eigenvalue weighted by Gasteiger charge is 2.35. The Labute approximate surface area is 182 Å². The van der Waals surface area contributed by atoms with Crippen molar-refractivity contribution in [1.29, 1.82) is 5.26 Å². The Morgan fingerprint density at radius 3 is 2.57 bits per heavy atom. The second-order valence-electron chi connectivity index (χ2n) is 7.84. The molecule has 0 bridgehead atoms. The van der Waals surface area contributed by atoms with Crippen LogP contribution >= 0.6 is 11.8 Å². The van der Waals surface area contributed by atoms with E-state index in [2.05, 4.69) is 23.3 Å². The fourth-order valence-electron chi connectivity index (χ4n) is 3.08. The van der Waals surface area contributed by atoms with E-state index in [1.807, 2.05) is 51.1 Å². The van der Waals surface area contributed by atoms with Gasteiger partial charge in [-0.15, -0.1) is 0 Å². The fraction of sp³-hybridized carbons (Fsp3) is 0.348. The standard InChI is InChI=1S/C23H27N3O3S/c1-6-12-29-22(28)19-15(2)25-21(30-14-18(27)26-23(3,4)5)17(13-24)20(19)16-10-8-7-9-11-16/h6-11,20,25H,1,12,14H2,2-5H3,(H,26,27)/t20-/m1/s1. The van der Waals surface area contributed by atoms with Crippen LogP contribution in [0.25, 0.3) is 0 Å². The first-order valence-corrected chi connectivity index (χ1v) is 10.5. The van der Waals surface area contributed by atoms with E-state index in [4.69, 9.17) is 4.74 Å². The lowest BCUT2D eigenvalue weighted by Crippen LogP contribution is -2.41. The van der Waals surface area contributed by atoms with E-state index < -0.39 is 11.9 Å². The Morgan fingerprint density at radius 2 is 2.00 bits per heavy atom. The molecule has 0 aliphatic carbocycles. The summed E-state index contributed by atoms with van der Waals surface area (Å²) in [5.41, 5.74) is 1.82. The Hall–Kier alpha value is -2.98. The number of nitrogens with zero attached hydrogens (tertiary/aromatic N) is 1. The van der Waals surface area contributed by atoms with Crippen LogP contribution in [-0.2, 0) is 14.3 Å². The number of carbonyl (C=O) groups excluding carboxylic acids is 2. The minimum atomic E-state index is -0.581. The maximum absolute atomic E-state index is 12.8. The first-order chi connectivity index (χ1) is 14.2. The largest absolute Gasteiger partial charge is 0.458 e. The number of amides is 1. The highest BCUT2D eigenvalue weighted by atomic mass is 32.2. The van der Waals surface area contributed by atoms with Crippen LogP contribution in [0, 0.1) is 11.3 Å². The van der Waals surface area contributed by atoms with E-state index in [9.17, 15) is 14.9 Å². The topological polar surface area (TPSA) is 91.2 Å². The van der Waals surface area contributed by atoms with Gasteiger partial charge < -0.3 is 15.4 Å². The lowest BCUT2D eigenvalue weighted by atomic mass is 9.82. The normalized spacial score (nSPS) is 16.4. The summed E-state index contributed by atoms with van der Waals surface area (Å²) in [5, 5.41) is 16.6. The van der Waals surface area contributed by atoms with E-state index in [0.29, 0.717) is 21.9 Å². The van der Waals surface area contributed by atoms with Crippen LogP contribution in [0.2, 0.25) is 0 Å². The lowest BCUT2D eigenvalue weighted by molar-refractivity contribution is -0.138. The maximum atomic E-state index is 12.8. The molecule has 0 spiro atoms. The molecule has 1 aliphatic heterocycles. The molecule has 0 radical (unpaired) electrons. The van der Waals surface area contributed by atoms with Crippen LogP contribution in [0.15, 0.2) is 64.9 Å². The number of ether oxygens (including phenoxy) is 1. The summed E-state index contributed by atoms with van der Waals surface area (Å²) in [7, 11) is 0. The van der Waals surface area contributed by atoms with Crippen molar-refractivity contribution in [2.24, 2.45) is 0 Å². The van der Waals surface area contributed by atoms with E-state index >= 15 is 0 Å². The van der Waals surface area contributed by atoms with Gasteiger partial charge in [0.15, 0.2) is 0 Å². The van der Waals surface area contributed by atoms with Crippen molar-refractivity contribution in [3.8, 4) is 6.07 Å². The number of hydrogen-bond donors (Lipinski definition) is 2. The van der Waals surface area contributed by atoms with Gasteiger partial charge in [-0.05, 0) is 33.3 Å². The molecule has 158 valence electrons. The zero-order chi connectivity index (χ0) is 22.3. The second kappa shape index (κ2) is 10.2. The minimum absolute atomic E-state index is 0.0807. The number of dihydropyridines is 1. The summed E-state index contributed by atoms with van der Waals surface area (Å²) in [5.74, 6) is -1.07. The molecule has 0 saturated heterocycles. The number of carbonyl (C=O) groups is 2. The molecule has 1 aromatic rings. The van der Waals surface area contributed by atoms with E-state index in [0.717, 1.165) is 5.56 Å². The van der Waals surface area contributed by atoms with Crippen molar-refractivity contribution in [3.05, 3.63) is 70.4 Å². The number of benzene rings is 1. The zero-order valence-corrected chi connectivity index (χ0v) is 18.6. The maximum Gasteiger partial charge on any atom is 0.337 e. The molecule has 2 rings (SSSR count). The Kier molecular flexibility index (Phi) is 7.90. The molecule has 30 heavy (non-hydrogen) atoms. The van der Waals surface area contributed by atoms with Crippen LogP contribution in [0.3, 0.4) is 0 Å². The summed E-state index contributed by atoms with van der Waals surface area (Å²) in [6.07, 6.45) is 1.50. The SMILES string of the molecule is C=CCOC(=O)C1=C(C)NC(SCC(=O)NC(C)(C)C)=C(C#N)[C@H]1c1ccccc1. The first kappa shape index (κ1) is 23.3. The van der Waals surface area contributed by atoms with Gasteiger partial charge in [0, 0.05) is 11.2 Å². The third kappa shape index (κ3) is 6.01. The summed E-state index contributed by atoms with van der Waals surface area (Å²) < 4.78 is 5.28. The van der Waals surface area contributed by atoms with Crippen LogP contribution in [-0.4, -0.2) is 29.8 Å². The zero-order valence-electron chi connectivity index (χ0n) is 17.7. The van der Waals surface area contributed by atoms with Gasteiger partial charge in [0.05, 0.1) is 33.9 Å². The molecule has 1 amide bonds. The Morgan fingerprint density at radius 1 is 1.33 bits per heavy atom. The molecule has 0 saturated carbocycles. The number of nitriles is 1. The molecule has 0 aromatic heterocycles. The minimum Gasteiger partial charge on any atom is -0.458 e. The van der Waals surface area contributed by atoms with Gasteiger partial charge in [-0.25, -0.2) is 4.79 Å². The van der Waals surface area contributed by atoms with Crippen LogP contribution in [0.1, 0.15) is 39.2 Å². The second-order valence-corrected chi connectivity index (χ2v) is 8.82. The number of esters is 1. The van der Waals surface area contributed by atoms with Crippen molar-refractivity contribution >= 4 is 23.6 Å². The molecule has 6 nitrogen and oxygen atoms in total. The summed E-state index contributed by atoms with van der Waals surface area (Å²) in [4.78, 5) is 25.0. The van der Waals surface area contributed by atoms with Crippen molar-refractivity contribution < 1.29 is 14.3 Å². The molecule has 0 fully saturated rings. The van der Waals surface area contributed by atoms with Crippen molar-refractivity contribution in [3.63, 3.8) is 0 Å². The number of hydrogen-bond acceptors (Lipinski definition) is 6. The summed E-state index contributed by atoms with van der Waals surface area (Å²) in [6, 6.07) is 11.6. The smallest absolute Gasteiger partial charge is 0.337 e. The molecule has 1 atom stereocenters. The van der Waals surface area contributed by atoms with Gasteiger partial charge in [0.2, 0.25) is 5.91 Å². The van der Waals surface area contributed by atoms with Crippen molar-refractivity contribution in [2.45, 2.75) is 39.2 Å². The molecule has 7 heteroatoms. The quantitative estimate of drug-likeness (QED) is 0.511. The molecular formula is C23H27N3O3S. The summed E-state index contributed by atoms with van der Waals surface area (Å²) >= 11 is 1.24. The first-order valence-electron chi connectivity index (χ1n) is 9.56. The van der Waals surface area contributed by atoms with Gasteiger partial charge in [0.25, 0.3) is 0 Å². The molecule has 1 aliphatic rings. The van der Waals surface area contributed by atoms with Gasteiger partial charge in [-0.2, -0.15) is 5.26 Å². The molecule has 1 aromatic carbocycles. The van der Waals surface area contributed by atoms with E-state index in [1.165, 1.54) is 17.8 Å². The third-order valence-electron chi connectivity index (χ3n) is 4.19. The monoisotopic (exact) mass is 425 g/mol. The van der Waals surface area contributed by atoms with Gasteiger partial charge in [0.1, 0.15) is 6.61 Å². The predicted molar refractivity (Wildman–Crippen MR) is 119 cm³/mol. The van der Waals surface area contributed by atoms with Crippen LogP contribution in [0.4, 0.5) is 0 Å². The molecular weight excluding hydrogens is 398 g/mol. The van der Waals surface area contributed by atoms with Crippen molar-refractivity contribution in [2.75, 3.05) is 12.4 Å². The van der Waals surface area contributed by atoms with Crippen LogP contribution < -0.4 is 10.6 Å². The van der Waals surface area contributed by atoms with E-state index in [1.54, 1.807) is 6.92 Å². The Balaban J connectivity index is 2.41. The predicted octanol–water partition coefficient (Wildman–Crippen LogP) is 3.76. The van der Waals surface area contributed by atoms with Gasteiger partial charge in [-0.1, -0.05) is 54.7 Å². The average molecular weight is 426 g/mol. The fourth-order valence-corrected chi connectivity index (χ4v) is 3.97. The molecule has 2 N–H and O–H groups in total.